The monoisotopic (exact) mass is 738 g/mol. The first kappa shape index (κ1) is 38.0. The van der Waals surface area contributed by atoms with E-state index in [0.29, 0.717) is 50.5 Å². The Morgan fingerprint density at radius 2 is 1.67 bits per heavy atom. The second-order valence-electron chi connectivity index (χ2n) is 13.3. The standard InChI is InChI=1S/C40H42N4O6S2/c1-40(2,3)26-15-16-29-30(22-41)39(52-34(29)20-26)44-35(45)23-51-28-14-10-13-27(21-28)42-38(47)31(43-37(46)25-11-8-7-9-12-25)17-24-18-32(48-4)36(50-6)33(19-24)49-5/h7-14,17-19,21,26H,15-16,20,23H2,1-6H3,(H,42,47)(H,43,46)(H,44,45)/b31-17+. The molecule has 1 heterocycles. The molecular formula is C40H42N4O6S2. The summed E-state index contributed by atoms with van der Waals surface area (Å²) in [5, 5.41) is 19.1. The number of nitrogens with one attached hydrogen (secondary N) is 3. The van der Waals surface area contributed by atoms with E-state index in [9.17, 15) is 19.6 Å². The minimum absolute atomic E-state index is 0.0266. The van der Waals surface area contributed by atoms with Crippen molar-refractivity contribution in [2.75, 3.05) is 37.7 Å². The highest BCUT2D eigenvalue weighted by atomic mass is 32.2. The van der Waals surface area contributed by atoms with Crippen LogP contribution in [0.15, 0.2) is 77.3 Å². The van der Waals surface area contributed by atoms with Gasteiger partial charge in [0.2, 0.25) is 11.7 Å². The lowest BCUT2D eigenvalue weighted by Gasteiger charge is -2.33. The predicted octanol–water partition coefficient (Wildman–Crippen LogP) is 7.94. The quantitative estimate of drug-likeness (QED) is 0.0984. The summed E-state index contributed by atoms with van der Waals surface area (Å²) in [6.07, 6.45) is 4.30. The first-order valence-electron chi connectivity index (χ1n) is 16.7. The van der Waals surface area contributed by atoms with Crippen molar-refractivity contribution in [1.82, 2.24) is 5.32 Å². The molecule has 0 aliphatic heterocycles. The molecule has 3 aromatic carbocycles. The van der Waals surface area contributed by atoms with Gasteiger partial charge in [0.15, 0.2) is 11.5 Å². The number of nitriles is 1. The first-order valence-corrected chi connectivity index (χ1v) is 18.5. The molecule has 0 saturated carbocycles. The second kappa shape index (κ2) is 16.8. The van der Waals surface area contributed by atoms with E-state index in [4.69, 9.17) is 14.2 Å². The average molecular weight is 739 g/mol. The summed E-state index contributed by atoms with van der Waals surface area (Å²) in [6, 6.07) is 21.3. The number of rotatable bonds is 12. The van der Waals surface area contributed by atoms with Gasteiger partial charge in [0.25, 0.3) is 11.8 Å². The van der Waals surface area contributed by atoms with Crippen molar-refractivity contribution in [3.8, 4) is 23.3 Å². The molecule has 0 spiro atoms. The fourth-order valence-corrected chi connectivity index (χ4v) is 8.05. The Hall–Kier alpha value is -5.25. The van der Waals surface area contributed by atoms with Gasteiger partial charge in [-0.1, -0.05) is 45.0 Å². The van der Waals surface area contributed by atoms with Crippen LogP contribution in [-0.2, 0) is 22.4 Å². The molecule has 0 radical (unpaired) electrons. The van der Waals surface area contributed by atoms with Gasteiger partial charge < -0.3 is 30.2 Å². The van der Waals surface area contributed by atoms with Gasteiger partial charge >= 0.3 is 0 Å². The van der Waals surface area contributed by atoms with E-state index >= 15 is 0 Å². The van der Waals surface area contributed by atoms with Crippen molar-refractivity contribution < 1.29 is 28.6 Å². The molecule has 1 aliphatic rings. The average Bonchev–Trinajstić information content (AvgIpc) is 3.49. The molecule has 0 fully saturated rings. The number of ether oxygens (including phenoxy) is 3. The van der Waals surface area contributed by atoms with Crippen molar-refractivity contribution >= 4 is 57.6 Å². The highest BCUT2D eigenvalue weighted by Crippen LogP contribution is 2.44. The van der Waals surface area contributed by atoms with Crippen LogP contribution in [0.3, 0.4) is 0 Å². The molecule has 10 nitrogen and oxygen atoms in total. The fourth-order valence-electron chi connectivity index (χ4n) is 6.00. The molecule has 3 amide bonds. The van der Waals surface area contributed by atoms with Crippen LogP contribution in [0, 0.1) is 22.7 Å². The Labute approximate surface area is 312 Å². The van der Waals surface area contributed by atoms with Crippen LogP contribution >= 0.6 is 23.1 Å². The van der Waals surface area contributed by atoms with E-state index in [0.717, 1.165) is 29.7 Å². The zero-order valence-electron chi connectivity index (χ0n) is 30.0. The Kier molecular flexibility index (Phi) is 12.3. The number of anilines is 2. The number of methoxy groups -OCH3 is 3. The third-order valence-corrected chi connectivity index (χ3v) is 11.0. The van der Waals surface area contributed by atoms with Crippen molar-refractivity contribution in [3.63, 3.8) is 0 Å². The third-order valence-electron chi connectivity index (χ3n) is 8.84. The van der Waals surface area contributed by atoms with Crippen molar-refractivity contribution in [2.45, 2.75) is 44.9 Å². The fraction of sp³-hybridized carbons (Fsp3) is 0.300. The van der Waals surface area contributed by atoms with Gasteiger partial charge in [0.1, 0.15) is 16.8 Å². The van der Waals surface area contributed by atoms with Crippen LogP contribution < -0.4 is 30.2 Å². The number of amides is 3. The molecule has 0 bridgehead atoms. The van der Waals surface area contributed by atoms with Gasteiger partial charge in [0.05, 0.1) is 32.6 Å². The zero-order chi connectivity index (χ0) is 37.4. The molecule has 1 atom stereocenters. The summed E-state index contributed by atoms with van der Waals surface area (Å²) < 4.78 is 16.4. The Morgan fingerprint density at radius 1 is 0.962 bits per heavy atom. The van der Waals surface area contributed by atoms with Crippen molar-refractivity contribution in [3.05, 3.63) is 99.6 Å². The number of hydrogen-bond acceptors (Lipinski definition) is 9. The molecule has 0 saturated heterocycles. The Morgan fingerprint density at radius 3 is 2.31 bits per heavy atom. The lowest BCUT2D eigenvalue weighted by atomic mass is 9.72. The van der Waals surface area contributed by atoms with Gasteiger partial charge in [-0.05, 0) is 90.3 Å². The smallest absolute Gasteiger partial charge is 0.272 e. The van der Waals surface area contributed by atoms with Crippen LogP contribution in [0.25, 0.3) is 6.08 Å². The summed E-state index contributed by atoms with van der Waals surface area (Å²) in [5.41, 5.74) is 3.15. The number of thioether (sulfide) groups is 1. The van der Waals surface area contributed by atoms with Crippen LogP contribution in [0.4, 0.5) is 10.7 Å². The lowest BCUT2D eigenvalue weighted by Crippen LogP contribution is -2.30. The van der Waals surface area contributed by atoms with Gasteiger partial charge in [0, 0.05) is 21.0 Å². The van der Waals surface area contributed by atoms with Crippen molar-refractivity contribution in [2.24, 2.45) is 11.3 Å². The Bertz CT molecular complexity index is 2000. The molecule has 1 aromatic heterocycles. The summed E-state index contributed by atoms with van der Waals surface area (Å²) in [7, 11) is 4.48. The first-order chi connectivity index (χ1) is 24.9. The maximum atomic E-state index is 13.7. The molecule has 1 aliphatic carbocycles. The second-order valence-corrected chi connectivity index (χ2v) is 15.4. The van der Waals surface area contributed by atoms with Crippen LogP contribution in [0.2, 0.25) is 0 Å². The molecule has 12 heteroatoms. The summed E-state index contributed by atoms with van der Waals surface area (Å²) in [4.78, 5) is 41.9. The van der Waals surface area contributed by atoms with Crippen LogP contribution in [0.1, 0.15) is 59.1 Å². The van der Waals surface area contributed by atoms with E-state index in [1.165, 1.54) is 55.4 Å². The molecule has 4 aromatic rings. The number of fused-ring (bicyclic) bond motifs is 1. The minimum atomic E-state index is -0.572. The van der Waals surface area contributed by atoms with Gasteiger partial charge in [-0.15, -0.1) is 23.1 Å². The highest BCUT2D eigenvalue weighted by Gasteiger charge is 2.32. The number of thiophene rings is 1. The molecule has 3 N–H and O–H groups in total. The largest absolute Gasteiger partial charge is 0.493 e. The maximum Gasteiger partial charge on any atom is 0.272 e. The zero-order valence-corrected chi connectivity index (χ0v) is 31.7. The SMILES string of the molecule is COc1cc(/C=C(/NC(=O)c2ccccc2)C(=O)Nc2cccc(SCC(=O)Nc3sc4c(c3C#N)CCC(C(C)(C)C)C4)c2)cc(OC)c1OC. The maximum absolute atomic E-state index is 13.7. The lowest BCUT2D eigenvalue weighted by molar-refractivity contribution is -0.114. The Balaban J connectivity index is 1.30. The van der Waals surface area contributed by atoms with E-state index in [1.807, 2.05) is 6.07 Å². The third kappa shape index (κ3) is 9.15. The summed E-state index contributed by atoms with van der Waals surface area (Å²) >= 11 is 2.82. The molecule has 1 unspecified atom stereocenters. The molecule has 5 rings (SSSR count). The van der Waals surface area contributed by atoms with E-state index in [1.54, 1.807) is 60.7 Å². The van der Waals surface area contributed by atoms with Crippen LogP contribution in [0.5, 0.6) is 17.2 Å². The number of nitrogens with zero attached hydrogens (tertiary/aromatic N) is 1. The highest BCUT2D eigenvalue weighted by molar-refractivity contribution is 8.00. The van der Waals surface area contributed by atoms with Gasteiger partial charge in [-0.25, -0.2) is 0 Å². The summed E-state index contributed by atoms with van der Waals surface area (Å²) in [6.45, 7) is 6.75. The number of hydrogen-bond donors (Lipinski definition) is 3. The predicted molar refractivity (Wildman–Crippen MR) is 206 cm³/mol. The molecule has 52 heavy (non-hydrogen) atoms. The minimum Gasteiger partial charge on any atom is -0.493 e. The van der Waals surface area contributed by atoms with E-state index < -0.39 is 11.8 Å². The van der Waals surface area contributed by atoms with Gasteiger partial charge in [-0.3, -0.25) is 14.4 Å². The van der Waals surface area contributed by atoms with Crippen LogP contribution in [-0.4, -0.2) is 44.8 Å². The number of carbonyl (C=O) groups is 3. The van der Waals surface area contributed by atoms with E-state index in [2.05, 4.69) is 42.8 Å². The van der Waals surface area contributed by atoms with E-state index in [-0.39, 0.29) is 22.8 Å². The summed E-state index contributed by atoms with van der Waals surface area (Å²) in [5.74, 6) is 0.523. The molecule has 270 valence electrons. The number of carbonyl (C=O) groups excluding carboxylic acids is 3. The molecular weight excluding hydrogens is 697 g/mol. The van der Waals surface area contributed by atoms with Crippen molar-refractivity contribution in [1.29, 1.82) is 5.26 Å². The topological polar surface area (TPSA) is 139 Å². The van der Waals surface area contributed by atoms with Gasteiger partial charge in [-0.2, -0.15) is 5.26 Å². The number of benzene rings is 3. The normalized spacial score (nSPS) is 14.0.